The van der Waals surface area contributed by atoms with Gasteiger partial charge in [-0.25, -0.2) is 4.98 Å². The van der Waals surface area contributed by atoms with E-state index >= 15 is 0 Å². The van der Waals surface area contributed by atoms with Crippen LogP contribution in [0.3, 0.4) is 0 Å². The van der Waals surface area contributed by atoms with E-state index in [4.69, 9.17) is 9.47 Å². The Balaban J connectivity index is 1.40. The molecule has 0 saturated heterocycles. The molecule has 0 aliphatic heterocycles. The van der Waals surface area contributed by atoms with Crippen molar-refractivity contribution >= 4 is 22.5 Å². The summed E-state index contributed by atoms with van der Waals surface area (Å²) in [6.45, 7) is 3.70. The lowest BCUT2D eigenvalue weighted by Crippen LogP contribution is -2.15. The predicted octanol–water partition coefficient (Wildman–Crippen LogP) is 5.13. The number of aromatic amines is 1. The molecule has 0 fully saturated rings. The minimum absolute atomic E-state index is 0.459. The number of anilines is 2. The van der Waals surface area contributed by atoms with Gasteiger partial charge in [-0.3, -0.25) is 0 Å². The second-order valence-corrected chi connectivity index (χ2v) is 7.68. The third-order valence-electron chi connectivity index (χ3n) is 4.69. The van der Waals surface area contributed by atoms with Crippen LogP contribution in [0.4, 0.5) is 11.6 Å². The van der Waals surface area contributed by atoms with Crippen LogP contribution in [-0.2, 0) is 0 Å². The van der Waals surface area contributed by atoms with E-state index in [1.165, 1.54) is 0 Å². The summed E-state index contributed by atoms with van der Waals surface area (Å²) in [5.41, 5.74) is 3.05. The van der Waals surface area contributed by atoms with Gasteiger partial charge in [0.2, 0.25) is 11.8 Å². The number of nitrogens with one attached hydrogen (secondary N) is 2. The molecule has 0 radical (unpaired) electrons. The van der Waals surface area contributed by atoms with Gasteiger partial charge in [0, 0.05) is 47.2 Å². The second-order valence-electron chi connectivity index (χ2n) is 7.68. The molecule has 0 saturated carbocycles. The standard InChI is InChI=1S/C24H27N5O2/c1-17-14-18-15-21(8-9-22(18)26-17)31-23-10-11-25-24(28-23)27-19-6-4-7-20(16-19)30-13-5-12-29(2)3/h4,6-11,14-16,26H,5,12-13H2,1-3H3,(H,25,27,28). The number of aryl methyl sites for hydroxylation is 1. The molecule has 0 spiro atoms. The highest BCUT2D eigenvalue weighted by molar-refractivity contribution is 5.81. The minimum Gasteiger partial charge on any atom is -0.493 e. The van der Waals surface area contributed by atoms with E-state index in [0.717, 1.165) is 46.7 Å². The smallest absolute Gasteiger partial charge is 0.230 e. The fourth-order valence-electron chi connectivity index (χ4n) is 3.26. The van der Waals surface area contributed by atoms with Crippen LogP contribution in [0, 0.1) is 6.92 Å². The van der Waals surface area contributed by atoms with Crippen molar-refractivity contribution in [2.24, 2.45) is 0 Å². The lowest BCUT2D eigenvalue weighted by molar-refractivity contribution is 0.281. The average molecular weight is 418 g/mol. The predicted molar refractivity (Wildman–Crippen MR) is 124 cm³/mol. The highest BCUT2D eigenvalue weighted by atomic mass is 16.5. The van der Waals surface area contributed by atoms with E-state index in [2.05, 4.69) is 45.3 Å². The summed E-state index contributed by atoms with van der Waals surface area (Å²) in [6.07, 6.45) is 2.65. The number of ether oxygens (including phenoxy) is 2. The molecule has 0 bridgehead atoms. The summed E-state index contributed by atoms with van der Waals surface area (Å²) in [6, 6.07) is 17.5. The molecule has 2 aromatic heterocycles. The summed E-state index contributed by atoms with van der Waals surface area (Å²) in [5.74, 6) is 2.47. The lowest BCUT2D eigenvalue weighted by atomic mass is 10.2. The van der Waals surface area contributed by atoms with Crippen molar-refractivity contribution in [2.75, 3.05) is 32.6 Å². The molecule has 0 unspecified atom stereocenters. The van der Waals surface area contributed by atoms with Crippen molar-refractivity contribution in [3.63, 3.8) is 0 Å². The van der Waals surface area contributed by atoms with Gasteiger partial charge >= 0.3 is 0 Å². The summed E-state index contributed by atoms with van der Waals surface area (Å²) < 4.78 is 11.8. The highest BCUT2D eigenvalue weighted by Crippen LogP contribution is 2.26. The van der Waals surface area contributed by atoms with Gasteiger partial charge in [0.15, 0.2) is 0 Å². The van der Waals surface area contributed by atoms with E-state index < -0.39 is 0 Å². The molecule has 4 rings (SSSR count). The van der Waals surface area contributed by atoms with Crippen LogP contribution in [0.15, 0.2) is 60.8 Å². The Morgan fingerprint density at radius 3 is 2.81 bits per heavy atom. The average Bonchev–Trinajstić information content (AvgIpc) is 3.11. The fraction of sp³-hybridized carbons (Fsp3) is 0.250. The first-order valence-electron chi connectivity index (χ1n) is 10.3. The maximum Gasteiger partial charge on any atom is 0.230 e. The Labute approximate surface area is 182 Å². The Morgan fingerprint density at radius 2 is 1.94 bits per heavy atom. The fourth-order valence-corrected chi connectivity index (χ4v) is 3.26. The van der Waals surface area contributed by atoms with E-state index in [1.54, 1.807) is 12.3 Å². The summed E-state index contributed by atoms with van der Waals surface area (Å²) >= 11 is 0. The highest BCUT2D eigenvalue weighted by Gasteiger charge is 2.06. The van der Waals surface area contributed by atoms with E-state index in [1.807, 2.05) is 49.4 Å². The lowest BCUT2D eigenvalue weighted by Gasteiger charge is -2.12. The van der Waals surface area contributed by atoms with Crippen molar-refractivity contribution in [3.8, 4) is 17.4 Å². The van der Waals surface area contributed by atoms with E-state index in [-0.39, 0.29) is 0 Å². The van der Waals surface area contributed by atoms with Crippen molar-refractivity contribution in [2.45, 2.75) is 13.3 Å². The van der Waals surface area contributed by atoms with Crippen molar-refractivity contribution in [3.05, 3.63) is 66.5 Å². The van der Waals surface area contributed by atoms with Crippen LogP contribution in [-0.4, -0.2) is 47.1 Å². The van der Waals surface area contributed by atoms with Crippen LogP contribution in [0.2, 0.25) is 0 Å². The maximum absolute atomic E-state index is 5.95. The summed E-state index contributed by atoms with van der Waals surface area (Å²) in [5, 5.41) is 4.32. The van der Waals surface area contributed by atoms with Gasteiger partial charge in [-0.2, -0.15) is 4.98 Å². The first kappa shape index (κ1) is 20.7. The van der Waals surface area contributed by atoms with Crippen molar-refractivity contribution in [1.82, 2.24) is 19.9 Å². The Bertz CT molecular complexity index is 1160. The summed E-state index contributed by atoms with van der Waals surface area (Å²) in [7, 11) is 4.11. The third kappa shape index (κ3) is 5.73. The molecule has 31 heavy (non-hydrogen) atoms. The van der Waals surface area contributed by atoms with Gasteiger partial charge < -0.3 is 24.7 Å². The molecule has 4 aromatic rings. The van der Waals surface area contributed by atoms with Crippen LogP contribution in [0.1, 0.15) is 12.1 Å². The topological polar surface area (TPSA) is 75.3 Å². The molecule has 7 heteroatoms. The SMILES string of the molecule is Cc1cc2cc(Oc3ccnc(Nc4cccc(OCCCN(C)C)c4)n3)ccc2[nH]1. The molecule has 7 nitrogen and oxygen atoms in total. The van der Waals surface area contributed by atoms with Crippen LogP contribution in [0.5, 0.6) is 17.4 Å². The van der Waals surface area contributed by atoms with Gasteiger partial charge in [-0.15, -0.1) is 0 Å². The van der Waals surface area contributed by atoms with Gasteiger partial charge in [-0.1, -0.05) is 6.07 Å². The van der Waals surface area contributed by atoms with Gasteiger partial charge in [-0.05, 0) is 63.8 Å². The van der Waals surface area contributed by atoms with Crippen molar-refractivity contribution in [1.29, 1.82) is 0 Å². The first-order chi connectivity index (χ1) is 15.0. The number of aromatic nitrogens is 3. The molecular formula is C24H27N5O2. The maximum atomic E-state index is 5.95. The molecule has 2 N–H and O–H groups in total. The van der Waals surface area contributed by atoms with E-state index in [0.29, 0.717) is 18.4 Å². The monoisotopic (exact) mass is 417 g/mol. The van der Waals surface area contributed by atoms with Crippen LogP contribution < -0.4 is 14.8 Å². The quantitative estimate of drug-likeness (QED) is 0.368. The Hall–Kier alpha value is -3.58. The number of rotatable bonds is 9. The zero-order valence-corrected chi connectivity index (χ0v) is 18.1. The minimum atomic E-state index is 0.459. The number of nitrogens with zero attached hydrogens (tertiary/aromatic N) is 3. The summed E-state index contributed by atoms with van der Waals surface area (Å²) in [4.78, 5) is 14.2. The van der Waals surface area contributed by atoms with E-state index in [9.17, 15) is 0 Å². The number of benzene rings is 2. The number of hydrogen-bond donors (Lipinski definition) is 2. The van der Waals surface area contributed by atoms with Gasteiger partial charge in [0.05, 0.1) is 6.61 Å². The molecular weight excluding hydrogens is 390 g/mol. The normalized spacial score (nSPS) is 11.1. The first-order valence-corrected chi connectivity index (χ1v) is 10.3. The van der Waals surface area contributed by atoms with Crippen LogP contribution in [0.25, 0.3) is 10.9 Å². The molecule has 2 heterocycles. The van der Waals surface area contributed by atoms with Gasteiger partial charge in [0.25, 0.3) is 0 Å². The van der Waals surface area contributed by atoms with Crippen LogP contribution >= 0.6 is 0 Å². The zero-order valence-electron chi connectivity index (χ0n) is 18.1. The largest absolute Gasteiger partial charge is 0.493 e. The second kappa shape index (κ2) is 9.49. The molecule has 0 amide bonds. The number of H-pyrrole nitrogens is 1. The zero-order chi connectivity index (χ0) is 21.6. The Kier molecular flexibility index (Phi) is 6.33. The van der Waals surface area contributed by atoms with Gasteiger partial charge in [0.1, 0.15) is 11.5 Å². The molecule has 0 aliphatic carbocycles. The molecule has 0 atom stereocenters. The molecule has 160 valence electrons. The third-order valence-corrected chi connectivity index (χ3v) is 4.69. The Morgan fingerprint density at radius 1 is 1.03 bits per heavy atom. The molecule has 0 aliphatic rings. The number of hydrogen-bond acceptors (Lipinski definition) is 6. The van der Waals surface area contributed by atoms with Crippen molar-refractivity contribution < 1.29 is 9.47 Å². The number of fused-ring (bicyclic) bond motifs is 1. The molecule has 2 aromatic carbocycles.